The van der Waals surface area contributed by atoms with Crippen molar-refractivity contribution in [1.29, 1.82) is 0 Å². The van der Waals surface area contributed by atoms with E-state index >= 15 is 0 Å². The lowest BCUT2D eigenvalue weighted by molar-refractivity contribution is 0.522. The molecular formula is C16H18FN3O3S. The fourth-order valence-corrected chi connectivity index (χ4v) is 3.89. The van der Waals surface area contributed by atoms with E-state index in [9.17, 15) is 17.6 Å². The van der Waals surface area contributed by atoms with E-state index in [0.717, 1.165) is 43.0 Å². The number of aryl methyl sites for hydroxylation is 2. The molecular weight excluding hydrogens is 333 g/mol. The molecule has 1 aromatic carbocycles. The molecule has 0 fully saturated rings. The molecule has 3 rings (SSSR count). The Bertz CT molecular complexity index is 909. The van der Waals surface area contributed by atoms with E-state index in [-0.39, 0.29) is 18.6 Å². The molecule has 0 saturated carbocycles. The Morgan fingerprint density at radius 3 is 2.75 bits per heavy atom. The molecule has 0 amide bonds. The molecule has 8 heteroatoms. The van der Waals surface area contributed by atoms with Gasteiger partial charge in [-0.2, -0.15) is 5.10 Å². The number of fused-ring (bicyclic) bond motifs is 1. The second-order valence-corrected chi connectivity index (χ2v) is 7.45. The van der Waals surface area contributed by atoms with Crippen LogP contribution in [0.4, 0.5) is 4.39 Å². The number of benzene rings is 1. The van der Waals surface area contributed by atoms with Gasteiger partial charge in [-0.15, -0.1) is 0 Å². The van der Waals surface area contributed by atoms with Crippen LogP contribution in [0.5, 0.6) is 0 Å². The minimum Gasteiger partial charge on any atom is -0.268 e. The molecule has 1 aliphatic rings. The third-order valence-electron chi connectivity index (χ3n) is 4.02. The molecule has 0 spiro atoms. The van der Waals surface area contributed by atoms with Crippen molar-refractivity contribution in [3.63, 3.8) is 0 Å². The number of halogens is 1. The summed E-state index contributed by atoms with van der Waals surface area (Å²) in [6.07, 6.45) is 3.79. The summed E-state index contributed by atoms with van der Waals surface area (Å²) >= 11 is 0. The highest BCUT2D eigenvalue weighted by molar-refractivity contribution is 7.89. The van der Waals surface area contributed by atoms with Crippen molar-refractivity contribution in [2.75, 3.05) is 6.54 Å². The van der Waals surface area contributed by atoms with Gasteiger partial charge in [0.1, 0.15) is 10.7 Å². The molecule has 1 aromatic heterocycles. The fraction of sp³-hybridized carbons (Fsp3) is 0.375. The van der Waals surface area contributed by atoms with Crippen LogP contribution in [0.2, 0.25) is 0 Å². The van der Waals surface area contributed by atoms with Crippen LogP contribution in [0, 0.1) is 5.82 Å². The van der Waals surface area contributed by atoms with Gasteiger partial charge in [0.25, 0.3) is 5.56 Å². The van der Waals surface area contributed by atoms with Gasteiger partial charge in [0, 0.05) is 12.6 Å². The van der Waals surface area contributed by atoms with E-state index in [0.29, 0.717) is 0 Å². The van der Waals surface area contributed by atoms with E-state index in [2.05, 4.69) is 9.82 Å². The summed E-state index contributed by atoms with van der Waals surface area (Å²) in [4.78, 5) is 11.6. The number of hydrogen-bond acceptors (Lipinski definition) is 4. The van der Waals surface area contributed by atoms with Crippen molar-refractivity contribution in [3.8, 4) is 0 Å². The summed E-state index contributed by atoms with van der Waals surface area (Å²) in [6.45, 7) is 0.0577. The Balaban J connectivity index is 1.71. The molecule has 6 nitrogen and oxygen atoms in total. The summed E-state index contributed by atoms with van der Waals surface area (Å²) in [6, 6.07) is 6.73. The molecule has 1 N–H and O–H groups in total. The highest BCUT2D eigenvalue weighted by atomic mass is 32.2. The van der Waals surface area contributed by atoms with Crippen LogP contribution < -0.4 is 10.3 Å². The monoisotopic (exact) mass is 351 g/mol. The Morgan fingerprint density at radius 1 is 1.21 bits per heavy atom. The first-order valence-electron chi connectivity index (χ1n) is 7.81. The first-order valence-corrected chi connectivity index (χ1v) is 9.30. The van der Waals surface area contributed by atoms with E-state index in [1.807, 2.05) is 0 Å². The van der Waals surface area contributed by atoms with Crippen molar-refractivity contribution in [2.24, 2.45) is 0 Å². The van der Waals surface area contributed by atoms with E-state index in [4.69, 9.17) is 0 Å². The Morgan fingerprint density at radius 2 is 1.96 bits per heavy atom. The molecule has 0 atom stereocenters. The third kappa shape index (κ3) is 3.54. The smallest absolute Gasteiger partial charge is 0.267 e. The van der Waals surface area contributed by atoms with E-state index in [1.165, 1.54) is 22.9 Å². The van der Waals surface area contributed by atoms with Gasteiger partial charge in [-0.3, -0.25) is 4.79 Å². The van der Waals surface area contributed by atoms with Crippen LogP contribution in [-0.2, 0) is 29.4 Å². The molecule has 2 aromatic rings. The minimum atomic E-state index is -3.96. The predicted molar refractivity (Wildman–Crippen MR) is 86.7 cm³/mol. The quantitative estimate of drug-likeness (QED) is 0.879. The van der Waals surface area contributed by atoms with Gasteiger partial charge in [0.15, 0.2) is 0 Å². The SMILES string of the molecule is O=c1cc2c(nn1CCNS(=O)(=O)c1ccccc1F)CCCC2. The molecule has 128 valence electrons. The molecule has 1 aliphatic carbocycles. The zero-order chi connectivity index (χ0) is 17.2. The second kappa shape index (κ2) is 6.82. The number of rotatable bonds is 5. The average Bonchev–Trinajstić information content (AvgIpc) is 2.55. The highest BCUT2D eigenvalue weighted by Crippen LogP contribution is 2.17. The van der Waals surface area contributed by atoms with Crippen LogP contribution in [0.1, 0.15) is 24.1 Å². The van der Waals surface area contributed by atoms with Gasteiger partial charge >= 0.3 is 0 Å². The van der Waals surface area contributed by atoms with Crippen LogP contribution >= 0.6 is 0 Å². The van der Waals surface area contributed by atoms with Crippen LogP contribution in [0.15, 0.2) is 40.0 Å². The van der Waals surface area contributed by atoms with Crippen molar-refractivity contribution in [3.05, 3.63) is 57.8 Å². The first-order chi connectivity index (χ1) is 11.5. The minimum absolute atomic E-state index is 0.0393. The maximum absolute atomic E-state index is 13.6. The lowest BCUT2D eigenvalue weighted by Crippen LogP contribution is -2.33. The number of nitrogens with one attached hydrogen (secondary N) is 1. The summed E-state index contributed by atoms with van der Waals surface area (Å²) in [7, 11) is -3.96. The summed E-state index contributed by atoms with van der Waals surface area (Å²) in [5.41, 5.74) is 1.63. The zero-order valence-electron chi connectivity index (χ0n) is 13.0. The lowest BCUT2D eigenvalue weighted by atomic mass is 9.97. The fourth-order valence-electron chi connectivity index (χ4n) is 2.79. The number of hydrogen-bond donors (Lipinski definition) is 1. The molecule has 0 saturated heterocycles. The normalized spacial score (nSPS) is 14.4. The van der Waals surface area contributed by atoms with Crippen molar-refractivity contribution >= 4 is 10.0 Å². The van der Waals surface area contributed by atoms with Crippen molar-refractivity contribution in [2.45, 2.75) is 37.1 Å². The number of aromatic nitrogens is 2. The van der Waals surface area contributed by atoms with Gasteiger partial charge in [0.05, 0.1) is 12.2 Å². The second-order valence-electron chi connectivity index (χ2n) is 5.71. The maximum atomic E-state index is 13.6. The number of sulfonamides is 1. The van der Waals surface area contributed by atoms with Crippen LogP contribution in [0.3, 0.4) is 0 Å². The van der Waals surface area contributed by atoms with E-state index < -0.39 is 20.7 Å². The van der Waals surface area contributed by atoms with Crippen LogP contribution in [0.25, 0.3) is 0 Å². The maximum Gasteiger partial charge on any atom is 0.267 e. The number of nitrogens with zero attached hydrogens (tertiary/aromatic N) is 2. The van der Waals surface area contributed by atoms with Gasteiger partial charge in [0.2, 0.25) is 10.0 Å². The molecule has 0 unspecified atom stereocenters. The Hall–Kier alpha value is -2.06. The van der Waals surface area contributed by atoms with Gasteiger partial charge in [-0.25, -0.2) is 22.2 Å². The van der Waals surface area contributed by atoms with E-state index in [1.54, 1.807) is 6.07 Å². The first kappa shape index (κ1) is 16.8. The molecule has 0 bridgehead atoms. The van der Waals surface area contributed by atoms with Crippen molar-refractivity contribution < 1.29 is 12.8 Å². The zero-order valence-corrected chi connectivity index (χ0v) is 13.9. The average molecular weight is 351 g/mol. The van der Waals surface area contributed by atoms with Gasteiger partial charge in [-0.05, 0) is 43.4 Å². The topological polar surface area (TPSA) is 81.1 Å². The Labute approximate surface area is 139 Å². The van der Waals surface area contributed by atoms with Gasteiger partial charge in [-0.1, -0.05) is 12.1 Å². The van der Waals surface area contributed by atoms with Crippen LogP contribution in [-0.4, -0.2) is 24.7 Å². The molecule has 0 radical (unpaired) electrons. The van der Waals surface area contributed by atoms with Gasteiger partial charge < -0.3 is 0 Å². The largest absolute Gasteiger partial charge is 0.268 e. The summed E-state index contributed by atoms with van der Waals surface area (Å²) < 4.78 is 41.4. The summed E-state index contributed by atoms with van der Waals surface area (Å²) in [5.74, 6) is -0.811. The van der Waals surface area contributed by atoms with Crippen molar-refractivity contribution in [1.82, 2.24) is 14.5 Å². The predicted octanol–water partition coefficient (Wildman–Crippen LogP) is 1.24. The third-order valence-corrected chi connectivity index (χ3v) is 5.51. The standard InChI is InChI=1S/C16H18FN3O3S/c17-13-6-2-4-8-15(13)24(22,23)18-9-10-20-16(21)11-12-5-1-3-7-14(12)19-20/h2,4,6,8,11,18H,1,3,5,7,9-10H2. The Kier molecular flexibility index (Phi) is 4.77. The summed E-state index contributed by atoms with van der Waals surface area (Å²) in [5, 5.41) is 4.32. The molecule has 1 heterocycles. The molecule has 24 heavy (non-hydrogen) atoms. The molecule has 0 aliphatic heterocycles. The highest BCUT2D eigenvalue weighted by Gasteiger charge is 2.18. The lowest BCUT2D eigenvalue weighted by Gasteiger charge is -2.16.